The van der Waals surface area contributed by atoms with Gasteiger partial charge in [0.15, 0.2) is 0 Å². The third kappa shape index (κ3) is 5.26. The van der Waals surface area contributed by atoms with Crippen LogP contribution in [-0.2, 0) is 0 Å². The number of hydrogen-bond acceptors (Lipinski definition) is 7. The minimum atomic E-state index is -1.49. The van der Waals surface area contributed by atoms with Crippen molar-refractivity contribution in [3.63, 3.8) is 0 Å². The van der Waals surface area contributed by atoms with E-state index < -0.39 is 14.1 Å². The van der Waals surface area contributed by atoms with Crippen molar-refractivity contribution in [2.24, 2.45) is 0 Å². The maximum Gasteiger partial charge on any atom is 0.123 e. The normalized spacial score (nSPS) is 17.6. The van der Waals surface area contributed by atoms with Crippen LogP contribution < -0.4 is 21.6 Å². The van der Waals surface area contributed by atoms with Crippen LogP contribution in [0.1, 0.15) is 31.4 Å². The number of pyridine rings is 1. The molecule has 0 radical (unpaired) electrons. The lowest BCUT2D eigenvalue weighted by molar-refractivity contribution is 0.260. The molecule has 1 aliphatic heterocycles. The van der Waals surface area contributed by atoms with Crippen molar-refractivity contribution >= 4 is 42.0 Å². The number of aromatic nitrogens is 1. The number of nitrogens with zero attached hydrogens (tertiary/aromatic N) is 3. The first-order chi connectivity index (χ1) is 17.6. The Balaban J connectivity index is 1.60. The molecule has 0 unspecified atom stereocenters. The summed E-state index contributed by atoms with van der Waals surface area (Å²) in [5.41, 5.74) is 9.58. The summed E-state index contributed by atoms with van der Waals surface area (Å²) in [5.74, 6) is -0.376. The summed E-state index contributed by atoms with van der Waals surface area (Å²) < 4.78 is 23.3. The van der Waals surface area contributed by atoms with Gasteiger partial charge < -0.3 is 16.1 Å². The number of hydrogen-bond donors (Lipinski definition) is 4. The first-order valence-corrected chi connectivity index (χ1v) is 16.0. The second-order valence-electron chi connectivity index (χ2n) is 10.4. The minimum Gasteiger partial charge on any atom is -0.386 e. The predicted molar refractivity (Wildman–Crippen MR) is 145 cm³/mol. The zero-order valence-electron chi connectivity index (χ0n) is 21.4. The van der Waals surface area contributed by atoms with Gasteiger partial charge in [0.1, 0.15) is 11.9 Å². The standard InChI is InChI=1S/C26H29ClFN7Si/c1-36(2,3)15-31-24-17(12-29)13-30-26-21(24)10-19(11-22(26)27)32-25(16-4-6-18(28)7-5-16)23-14-35(34-33-23)20-8-9-20/h4-7,10-11,13-14,20,25,32-34H,8-9,15H2,1-3H3,(H,30,31)/t25-/m1/s1/i25D. The number of benzene rings is 2. The van der Waals surface area contributed by atoms with Crippen LogP contribution in [0, 0.1) is 17.1 Å². The van der Waals surface area contributed by atoms with E-state index in [4.69, 9.17) is 11.6 Å². The Morgan fingerprint density at radius 1 is 1.31 bits per heavy atom. The van der Waals surface area contributed by atoms with Gasteiger partial charge in [0.25, 0.3) is 0 Å². The third-order valence-corrected chi connectivity index (χ3v) is 7.57. The molecule has 2 aromatic carbocycles. The highest BCUT2D eigenvalue weighted by Gasteiger charge is 2.32. The number of nitriles is 1. The molecule has 36 heavy (non-hydrogen) atoms. The van der Waals surface area contributed by atoms with Gasteiger partial charge in [0.05, 0.1) is 42.9 Å². The molecular weight excluding hydrogens is 493 g/mol. The molecule has 3 aromatic rings. The van der Waals surface area contributed by atoms with E-state index >= 15 is 0 Å². The van der Waals surface area contributed by atoms with Crippen molar-refractivity contribution in [2.75, 3.05) is 16.8 Å². The van der Waals surface area contributed by atoms with Crippen LogP contribution in [0.5, 0.6) is 0 Å². The quantitative estimate of drug-likeness (QED) is 0.283. The van der Waals surface area contributed by atoms with E-state index in [1.165, 1.54) is 18.3 Å². The Kier molecular flexibility index (Phi) is 6.17. The van der Waals surface area contributed by atoms with Gasteiger partial charge in [0, 0.05) is 35.7 Å². The van der Waals surface area contributed by atoms with Crippen LogP contribution in [0.2, 0.25) is 24.7 Å². The molecule has 7 nitrogen and oxygen atoms in total. The smallest absolute Gasteiger partial charge is 0.123 e. The van der Waals surface area contributed by atoms with E-state index in [1.807, 2.05) is 17.3 Å². The number of nitrogens with one attached hydrogen (secondary N) is 4. The van der Waals surface area contributed by atoms with Gasteiger partial charge in [-0.1, -0.05) is 43.4 Å². The van der Waals surface area contributed by atoms with Crippen molar-refractivity contribution < 1.29 is 5.76 Å². The topological polar surface area (TPSA) is 88.0 Å². The van der Waals surface area contributed by atoms with E-state index in [9.17, 15) is 11.0 Å². The molecule has 2 heterocycles. The Morgan fingerprint density at radius 2 is 2.06 bits per heavy atom. The van der Waals surface area contributed by atoms with Crippen molar-refractivity contribution in [3.8, 4) is 6.07 Å². The van der Waals surface area contributed by atoms with E-state index in [1.54, 1.807) is 18.2 Å². The maximum atomic E-state index is 13.8. The zero-order valence-corrected chi connectivity index (χ0v) is 22.2. The highest BCUT2D eigenvalue weighted by Crippen LogP contribution is 2.36. The maximum absolute atomic E-state index is 13.8. The number of halogens is 2. The Labute approximate surface area is 217 Å². The summed E-state index contributed by atoms with van der Waals surface area (Å²) in [4.78, 5) is 4.44. The van der Waals surface area contributed by atoms with Gasteiger partial charge in [0.2, 0.25) is 0 Å². The number of fused-ring (bicyclic) bond motifs is 1. The third-order valence-electron chi connectivity index (χ3n) is 6.04. The molecule has 1 fully saturated rings. The summed E-state index contributed by atoms with van der Waals surface area (Å²) in [6.07, 6.45) is 6.34. The zero-order chi connectivity index (χ0) is 26.4. The van der Waals surface area contributed by atoms with Crippen molar-refractivity contribution in [1.29, 1.82) is 5.26 Å². The van der Waals surface area contributed by atoms with Crippen molar-refractivity contribution in [3.05, 3.63) is 76.5 Å². The second-order valence-corrected chi connectivity index (χ2v) is 16.2. The van der Waals surface area contributed by atoms with E-state index in [0.29, 0.717) is 50.2 Å². The first-order valence-electron chi connectivity index (χ1n) is 12.4. The number of hydrazine groups is 2. The van der Waals surface area contributed by atoms with Crippen molar-refractivity contribution in [2.45, 2.75) is 44.5 Å². The highest BCUT2D eigenvalue weighted by atomic mass is 35.5. The molecule has 2 aliphatic rings. The molecule has 1 aromatic heterocycles. The lowest BCUT2D eigenvalue weighted by Crippen LogP contribution is -2.38. The minimum absolute atomic E-state index is 0.376. The SMILES string of the molecule is [2H][C@](Nc1cc(Cl)c2ncc(C#N)c(NC[Si](C)(C)C)c2c1)(C1=CN(C2CC2)NN1)c1ccc(F)cc1. The summed E-state index contributed by atoms with van der Waals surface area (Å²) in [6, 6.07) is 10.6. The van der Waals surface area contributed by atoms with Gasteiger partial charge in [-0.05, 0) is 42.7 Å². The monoisotopic (exact) mass is 522 g/mol. The van der Waals surface area contributed by atoms with Crippen LogP contribution in [0.25, 0.3) is 10.9 Å². The van der Waals surface area contributed by atoms with Crippen LogP contribution >= 0.6 is 11.6 Å². The highest BCUT2D eigenvalue weighted by molar-refractivity contribution is 6.76. The van der Waals surface area contributed by atoms with Crippen molar-refractivity contribution in [1.82, 2.24) is 21.0 Å². The average Bonchev–Trinajstić information content (AvgIpc) is 3.58. The summed E-state index contributed by atoms with van der Waals surface area (Å²) in [7, 11) is -1.48. The van der Waals surface area contributed by atoms with E-state index in [-0.39, 0.29) is 5.82 Å². The molecular formula is C26H29ClFN7Si. The Morgan fingerprint density at radius 3 is 2.72 bits per heavy atom. The molecule has 1 atom stereocenters. The van der Waals surface area contributed by atoms with Gasteiger partial charge in [-0.2, -0.15) is 5.26 Å². The summed E-state index contributed by atoms with van der Waals surface area (Å²) in [5, 5.41) is 19.6. The largest absolute Gasteiger partial charge is 0.386 e. The van der Waals surface area contributed by atoms with Crippen LogP contribution in [0.15, 0.2) is 54.5 Å². The molecule has 1 saturated carbocycles. The summed E-state index contributed by atoms with van der Waals surface area (Å²) >= 11 is 6.68. The van der Waals surface area contributed by atoms with Crippen LogP contribution in [0.4, 0.5) is 15.8 Å². The molecule has 186 valence electrons. The predicted octanol–water partition coefficient (Wildman–Crippen LogP) is 5.67. The second kappa shape index (κ2) is 9.62. The Hall–Kier alpha value is -3.32. The van der Waals surface area contributed by atoms with E-state index in [2.05, 4.69) is 52.3 Å². The van der Waals surface area contributed by atoms with Crippen LogP contribution in [0.3, 0.4) is 0 Å². The lowest BCUT2D eigenvalue weighted by atomic mass is 10.0. The average molecular weight is 523 g/mol. The lowest BCUT2D eigenvalue weighted by Gasteiger charge is -2.23. The van der Waals surface area contributed by atoms with E-state index in [0.717, 1.165) is 19.0 Å². The molecule has 0 saturated heterocycles. The van der Waals surface area contributed by atoms with Gasteiger partial charge in [-0.3, -0.25) is 9.99 Å². The Bertz CT molecular complexity index is 1420. The fourth-order valence-corrected chi connectivity index (χ4v) is 5.00. The first kappa shape index (κ1) is 23.1. The molecule has 0 spiro atoms. The fourth-order valence-electron chi connectivity index (χ4n) is 4.02. The molecule has 5 rings (SSSR count). The fraction of sp³-hybridized carbons (Fsp3) is 0.308. The number of anilines is 2. The van der Waals surface area contributed by atoms with Gasteiger partial charge in [-0.15, -0.1) is 5.53 Å². The van der Waals surface area contributed by atoms with Crippen LogP contribution in [-0.4, -0.2) is 30.3 Å². The number of rotatable bonds is 8. The summed E-state index contributed by atoms with van der Waals surface area (Å²) in [6.45, 7) is 6.73. The molecule has 0 amide bonds. The molecule has 4 N–H and O–H groups in total. The van der Waals surface area contributed by atoms with Gasteiger partial charge in [-0.25, -0.2) is 4.39 Å². The molecule has 10 heteroatoms. The molecule has 0 bridgehead atoms. The molecule has 1 aliphatic carbocycles. The van der Waals surface area contributed by atoms with Gasteiger partial charge >= 0.3 is 0 Å².